The van der Waals surface area contributed by atoms with Gasteiger partial charge in [-0.25, -0.2) is 0 Å². The number of hydrogen-bond acceptors (Lipinski definition) is 3. The average Bonchev–Trinajstić information content (AvgIpc) is 2.63. The van der Waals surface area contributed by atoms with Crippen molar-refractivity contribution in [1.29, 1.82) is 0 Å². The van der Waals surface area contributed by atoms with Crippen LogP contribution in [0.25, 0.3) is 0 Å². The van der Waals surface area contributed by atoms with E-state index >= 15 is 0 Å². The van der Waals surface area contributed by atoms with Crippen molar-refractivity contribution >= 4 is 11.8 Å². The molecule has 0 bridgehead atoms. The Labute approximate surface area is 102 Å². The molecule has 0 amide bonds. The van der Waals surface area contributed by atoms with E-state index in [1.165, 1.54) is 11.1 Å². The second-order valence-corrected chi connectivity index (χ2v) is 5.53. The van der Waals surface area contributed by atoms with Crippen LogP contribution in [0.4, 0.5) is 0 Å². The van der Waals surface area contributed by atoms with Gasteiger partial charge in [0.2, 0.25) is 0 Å². The fourth-order valence-electron chi connectivity index (χ4n) is 2.19. The van der Waals surface area contributed by atoms with Crippen molar-refractivity contribution in [1.82, 2.24) is 0 Å². The lowest BCUT2D eigenvalue weighted by molar-refractivity contribution is 0.200. The summed E-state index contributed by atoms with van der Waals surface area (Å²) in [5.41, 5.74) is 9.02. The smallest absolute Gasteiger partial charge is 0.0470 e. The first-order valence-corrected chi connectivity index (χ1v) is 6.81. The highest BCUT2D eigenvalue weighted by Gasteiger charge is 2.29. The first kappa shape index (κ1) is 12.0. The van der Waals surface area contributed by atoms with Gasteiger partial charge < -0.3 is 10.5 Å². The SMILES string of the molecule is COCCCSC1Cc2ccccc2C1N. The Bertz CT molecular complexity index is 342. The van der Waals surface area contributed by atoms with E-state index in [1.807, 2.05) is 11.8 Å². The number of hydrogen-bond donors (Lipinski definition) is 1. The van der Waals surface area contributed by atoms with Crippen molar-refractivity contribution in [2.75, 3.05) is 19.5 Å². The highest BCUT2D eigenvalue weighted by atomic mass is 32.2. The van der Waals surface area contributed by atoms with E-state index in [2.05, 4.69) is 24.3 Å². The summed E-state index contributed by atoms with van der Waals surface area (Å²) in [6.07, 6.45) is 2.23. The lowest BCUT2D eigenvalue weighted by atomic mass is 10.1. The van der Waals surface area contributed by atoms with Crippen LogP contribution < -0.4 is 5.73 Å². The molecule has 0 fully saturated rings. The molecule has 1 aromatic carbocycles. The number of benzene rings is 1. The van der Waals surface area contributed by atoms with Gasteiger partial charge in [0, 0.05) is 25.0 Å². The van der Waals surface area contributed by atoms with Crippen molar-refractivity contribution in [3.8, 4) is 0 Å². The van der Waals surface area contributed by atoms with Crippen molar-refractivity contribution in [2.24, 2.45) is 5.73 Å². The van der Waals surface area contributed by atoms with Gasteiger partial charge in [0.25, 0.3) is 0 Å². The number of fused-ring (bicyclic) bond motifs is 1. The molecule has 2 unspecified atom stereocenters. The van der Waals surface area contributed by atoms with Gasteiger partial charge in [-0.05, 0) is 29.7 Å². The van der Waals surface area contributed by atoms with Crippen LogP contribution in [0.3, 0.4) is 0 Å². The van der Waals surface area contributed by atoms with Crippen LogP contribution in [0.1, 0.15) is 23.6 Å². The second kappa shape index (κ2) is 5.71. The fraction of sp³-hybridized carbons (Fsp3) is 0.538. The number of nitrogens with two attached hydrogens (primary N) is 1. The average molecular weight is 237 g/mol. The number of ether oxygens (including phenoxy) is 1. The summed E-state index contributed by atoms with van der Waals surface area (Å²) in [5, 5.41) is 0.550. The van der Waals surface area contributed by atoms with Crippen LogP contribution in [0.5, 0.6) is 0 Å². The predicted molar refractivity (Wildman–Crippen MR) is 69.8 cm³/mol. The fourth-order valence-corrected chi connectivity index (χ4v) is 3.43. The van der Waals surface area contributed by atoms with Crippen LogP contribution in [-0.4, -0.2) is 24.7 Å². The van der Waals surface area contributed by atoms with Crippen molar-refractivity contribution in [3.63, 3.8) is 0 Å². The third kappa shape index (κ3) is 2.59. The van der Waals surface area contributed by atoms with E-state index in [1.54, 1.807) is 7.11 Å². The minimum atomic E-state index is 0.212. The first-order valence-electron chi connectivity index (χ1n) is 5.77. The summed E-state index contributed by atoms with van der Waals surface area (Å²) < 4.78 is 5.05. The summed E-state index contributed by atoms with van der Waals surface area (Å²) >= 11 is 1.98. The van der Waals surface area contributed by atoms with Crippen molar-refractivity contribution in [3.05, 3.63) is 35.4 Å². The topological polar surface area (TPSA) is 35.2 Å². The number of methoxy groups -OCH3 is 1. The van der Waals surface area contributed by atoms with E-state index in [0.717, 1.165) is 25.2 Å². The molecule has 2 rings (SSSR count). The normalized spacial score (nSPS) is 23.4. The molecule has 1 aromatic rings. The number of rotatable bonds is 5. The van der Waals surface area contributed by atoms with E-state index in [0.29, 0.717) is 5.25 Å². The standard InChI is InChI=1S/C13H19NOS/c1-15-7-4-8-16-12-9-10-5-2-3-6-11(10)13(12)14/h2-3,5-6,12-13H,4,7-9,14H2,1H3. The van der Waals surface area contributed by atoms with Gasteiger partial charge in [-0.1, -0.05) is 24.3 Å². The Kier molecular flexibility index (Phi) is 4.27. The Morgan fingerprint density at radius 2 is 2.25 bits per heavy atom. The predicted octanol–water partition coefficient (Wildman–Crippen LogP) is 2.38. The molecule has 0 heterocycles. The Morgan fingerprint density at radius 3 is 3.00 bits per heavy atom. The molecule has 0 radical (unpaired) electrons. The highest BCUT2D eigenvalue weighted by molar-refractivity contribution is 7.99. The molecule has 0 aromatic heterocycles. The van der Waals surface area contributed by atoms with Crippen molar-refractivity contribution in [2.45, 2.75) is 24.1 Å². The maximum Gasteiger partial charge on any atom is 0.0470 e. The summed E-state index contributed by atoms with van der Waals surface area (Å²) in [7, 11) is 1.75. The van der Waals surface area contributed by atoms with Crippen LogP contribution in [0, 0.1) is 0 Å². The molecule has 0 saturated heterocycles. The summed E-state index contributed by atoms with van der Waals surface area (Å²) in [6.45, 7) is 0.849. The summed E-state index contributed by atoms with van der Waals surface area (Å²) in [4.78, 5) is 0. The monoisotopic (exact) mass is 237 g/mol. The molecule has 3 heteroatoms. The lowest BCUT2D eigenvalue weighted by Crippen LogP contribution is -2.19. The molecule has 0 saturated carbocycles. The lowest BCUT2D eigenvalue weighted by Gasteiger charge is -2.15. The Morgan fingerprint density at radius 1 is 1.44 bits per heavy atom. The van der Waals surface area contributed by atoms with Crippen LogP contribution in [-0.2, 0) is 11.2 Å². The molecule has 88 valence electrons. The van der Waals surface area contributed by atoms with Gasteiger partial charge >= 0.3 is 0 Å². The minimum absolute atomic E-state index is 0.212. The molecule has 0 spiro atoms. The van der Waals surface area contributed by atoms with Gasteiger partial charge in [0.15, 0.2) is 0 Å². The molecular formula is C13H19NOS. The highest BCUT2D eigenvalue weighted by Crippen LogP contribution is 2.36. The van der Waals surface area contributed by atoms with Gasteiger partial charge in [-0.2, -0.15) is 11.8 Å². The van der Waals surface area contributed by atoms with Crippen LogP contribution >= 0.6 is 11.8 Å². The zero-order chi connectivity index (χ0) is 11.4. The summed E-state index contributed by atoms with van der Waals surface area (Å²) in [5.74, 6) is 1.14. The second-order valence-electron chi connectivity index (χ2n) is 4.18. The van der Waals surface area contributed by atoms with Crippen LogP contribution in [0.2, 0.25) is 0 Å². The van der Waals surface area contributed by atoms with E-state index in [-0.39, 0.29) is 6.04 Å². The zero-order valence-electron chi connectivity index (χ0n) is 9.69. The third-order valence-corrected chi connectivity index (χ3v) is 4.47. The molecule has 16 heavy (non-hydrogen) atoms. The van der Waals surface area contributed by atoms with Gasteiger partial charge in [-0.15, -0.1) is 0 Å². The van der Waals surface area contributed by atoms with Crippen molar-refractivity contribution < 1.29 is 4.74 Å². The number of thioether (sulfide) groups is 1. The summed E-state index contributed by atoms with van der Waals surface area (Å²) in [6, 6.07) is 8.75. The van der Waals surface area contributed by atoms with Gasteiger partial charge in [0.1, 0.15) is 0 Å². The van der Waals surface area contributed by atoms with E-state index < -0.39 is 0 Å². The zero-order valence-corrected chi connectivity index (χ0v) is 10.5. The maximum absolute atomic E-state index is 6.25. The quantitative estimate of drug-likeness (QED) is 0.799. The Hall–Kier alpha value is -0.510. The van der Waals surface area contributed by atoms with Crippen LogP contribution in [0.15, 0.2) is 24.3 Å². The third-order valence-electron chi connectivity index (χ3n) is 3.06. The molecule has 2 nitrogen and oxygen atoms in total. The molecule has 1 aliphatic rings. The minimum Gasteiger partial charge on any atom is -0.385 e. The molecule has 0 aliphatic heterocycles. The molecular weight excluding hydrogens is 218 g/mol. The Balaban J connectivity index is 1.87. The van der Waals surface area contributed by atoms with E-state index in [4.69, 9.17) is 10.5 Å². The molecule has 2 atom stereocenters. The maximum atomic E-state index is 6.25. The first-order chi connectivity index (χ1) is 7.83. The molecule has 2 N–H and O–H groups in total. The largest absolute Gasteiger partial charge is 0.385 e. The van der Waals surface area contributed by atoms with Gasteiger partial charge in [-0.3, -0.25) is 0 Å². The van der Waals surface area contributed by atoms with E-state index in [9.17, 15) is 0 Å². The van der Waals surface area contributed by atoms with Gasteiger partial charge in [0.05, 0.1) is 0 Å². The molecule has 1 aliphatic carbocycles.